The van der Waals surface area contributed by atoms with Gasteiger partial charge < -0.3 is 30.9 Å². The third-order valence-corrected chi connectivity index (χ3v) is 5.91. The molecule has 2 aliphatic rings. The molecule has 9 nitrogen and oxygen atoms in total. The number of nitrogens with zero attached hydrogens (tertiary/aromatic N) is 1. The summed E-state index contributed by atoms with van der Waals surface area (Å²) in [5.74, 6) is 0.391. The summed E-state index contributed by atoms with van der Waals surface area (Å²) in [6, 6.07) is 7.06. The predicted molar refractivity (Wildman–Crippen MR) is 123 cm³/mol. The first-order chi connectivity index (χ1) is 15.5. The summed E-state index contributed by atoms with van der Waals surface area (Å²) in [7, 11) is 0. The minimum Gasteiger partial charge on any atom is -0.484 e. The molecular weight excluding hydrogens is 410 g/mol. The number of likely N-dealkylation sites (tertiary alicyclic amines) is 1. The number of ether oxygens (including phenoxy) is 1. The van der Waals surface area contributed by atoms with Crippen molar-refractivity contribution in [1.29, 1.82) is 0 Å². The monoisotopic (exact) mass is 445 g/mol. The molecule has 4 N–H and O–H groups in total. The van der Waals surface area contributed by atoms with Gasteiger partial charge in [-0.05, 0) is 56.9 Å². The van der Waals surface area contributed by atoms with E-state index in [9.17, 15) is 14.4 Å². The highest BCUT2D eigenvalue weighted by atomic mass is 16.5. The van der Waals surface area contributed by atoms with Crippen molar-refractivity contribution in [3.63, 3.8) is 0 Å². The average Bonchev–Trinajstić information content (AvgIpc) is 2.80. The molecule has 32 heavy (non-hydrogen) atoms. The summed E-state index contributed by atoms with van der Waals surface area (Å²) < 4.78 is 5.41. The molecule has 1 aromatic carbocycles. The molecule has 1 saturated carbocycles. The van der Waals surface area contributed by atoms with Crippen LogP contribution in [0.3, 0.4) is 0 Å². The fraction of sp³-hybridized carbons (Fsp3) is 0.609. The van der Waals surface area contributed by atoms with Crippen LogP contribution in [-0.2, 0) is 4.79 Å². The van der Waals surface area contributed by atoms with Gasteiger partial charge in [-0.1, -0.05) is 19.3 Å². The lowest BCUT2D eigenvalue weighted by molar-refractivity contribution is -0.122. The molecule has 0 atom stereocenters. The van der Waals surface area contributed by atoms with Crippen LogP contribution in [0.2, 0.25) is 0 Å². The van der Waals surface area contributed by atoms with E-state index >= 15 is 0 Å². The van der Waals surface area contributed by atoms with Gasteiger partial charge in [0.15, 0.2) is 6.61 Å². The van der Waals surface area contributed by atoms with Gasteiger partial charge in [0.2, 0.25) is 0 Å². The number of benzene rings is 1. The summed E-state index contributed by atoms with van der Waals surface area (Å²) in [5.41, 5.74) is 0.660. The highest BCUT2D eigenvalue weighted by Crippen LogP contribution is 2.19. The summed E-state index contributed by atoms with van der Waals surface area (Å²) in [5, 5.41) is 11.7. The van der Waals surface area contributed by atoms with Gasteiger partial charge in [0.25, 0.3) is 5.91 Å². The quantitative estimate of drug-likeness (QED) is 0.517. The molecule has 1 aliphatic carbocycles. The lowest BCUT2D eigenvalue weighted by atomic mass is 9.96. The Kier molecular flexibility index (Phi) is 9.01. The Morgan fingerprint density at radius 1 is 0.938 bits per heavy atom. The van der Waals surface area contributed by atoms with E-state index in [2.05, 4.69) is 21.3 Å². The predicted octanol–water partition coefficient (Wildman–Crippen LogP) is 2.83. The van der Waals surface area contributed by atoms with Crippen molar-refractivity contribution in [2.24, 2.45) is 0 Å². The second kappa shape index (κ2) is 12.2. The van der Waals surface area contributed by atoms with Gasteiger partial charge in [0.1, 0.15) is 5.75 Å². The first kappa shape index (κ1) is 23.7. The Bertz CT molecular complexity index is 756. The topological polar surface area (TPSA) is 112 Å². The molecule has 3 rings (SSSR count). The molecular formula is C23H35N5O4. The molecule has 5 amide bonds. The lowest BCUT2D eigenvalue weighted by Gasteiger charge is -2.33. The van der Waals surface area contributed by atoms with Crippen molar-refractivity contribution in [3.05, 3.63) is 24.3 Å². The zero-order chi connectivity index (χ0) is 22.8. The maximum Gasteiger partial charge on any atom is 0.321 e. The normalized spacial score (nSPS) is 17.3. The highest BCUT2D eigenvalue weighted by molar-refractivity contribution is 5.89. The number of carbonyl (C=O) groups excluding carboxylic acids is 3. The third kappa shape index (κ3) is 7.62. The Morgan fingerprint density at radius 2 is 1.56 bits per heavy atom. The van der Waals surface area contributed by atoms with Gasteiger partial charge in [0, 0.05) is 37.4 Å². The van der Waals surface area contributed by atoms with Crippen LogP contribution in [0.5, 0.6) is 5.75 Å². The molecule has 1 aromatic rings. The summed E-state index contributed by atoms with van der Waals surface area (Å²) in [6.45, 7) is 3.56. The van der Waals surface area contributed by atoms with Crippen LogP contribution in [0.15, 0.2) is 24.3 Å². The molecule has 0 unspecified atom stereocenters. The Morgan fingerprint density at radius 3 is 2.19 bits per heavy atom. The molecule has 0 radical (unpaired) electrons. The van der Waals surface area contributed by atoms with E-state index in [1.165, 1.54) is 19.3 Å². The minimum absolute atomic E-state index is 0.0405. The van der Waals surface area contributed by atoms with Crippen molar-refractivity contribution in [2.45, 2.75) is 64.0 Å². The number of likely N-dealkylation sites (N-methyl/N-ethyl adjacent to an activating group) is 1. The van der Waals surface area contributed by atoms with Gasteiger partial charge in [-0.15, -0.1) is 0 Å². The molecule has 0 aromatic heterocycles. The van der Waals surface area contributed by atoms with E-state index in [1.807, 2.05) is 6.92 Å². The number of carbonyl (C=O) groups is 3. The van der Waals surface area contributed by atoms with Crippen molar-refractivity contribution < 1.29 is 19.1 Å². The van der Waals surface area contributed by atoms with Gasteiger partial charge >= 0.3 is 12.1 Å². The largest absolute Gasteiger partial charge is 0.484 e. The maximum absolute atomic E-state index is 12.6. The molecule has 1 heterocycles. The van der Waals surface area contributed by atoms with Gasteiger partial charge in [-0.2, -0.15) is 0 Å². The molecule has 1 saturated heterocycles. The number of piperidine rings is 1. The van der Waals surface area contributed by atoms with Crippen LogP contribution in [0.25, 0.3) is 0 Å². The first-order valence-electron chi connectivity index (χ1n) is 11.7. The van der Waals surface area contributed by atoms with Gasteiger partial charge in [-0.25, -0.2) is 9.59 Å². The van der Waals surface area contributed by atoms with Crippen LogP contribution in [0.1, 0.15) is 51.9 Å². The Labute approximate surface area is 189 Å². The Balaban J connectivity index is 1.36. The van der Waals surface area contributed by atoms with Gasteiger partial charge in [-0.3, -0.25) is 4.79 Å². The van der Waals surface area contributed by atoms with Crippen molar-refractivity contribution in [3.8, 4) is 5.75 Å². The van der Waals surface area contributed by atoms with E-state index in [0.29, 0.717) is 37.1 Å². The van der Waals surface area contributed by atoms with E-state index < -0.39 is 0 Å². The SMILES string of the molecule is CCNC(=O)COc1ccc(NC(=O)N2CCC(NC(=O)NC3CCCCC3)CC2)cc1. The standard InChI is InChI=1S/C23H35N5O4/c1-2-24-21(29)16-32-20-10-8-18(9-11-20)27-23(31)28-14-12-19(13-15-28)26-22(30)25-17-6-4-3-5-7-17/h8-11,17,19H,2-7,12-16H2,1H3,(H,24,29)(H,27,31)(H2,25,26,30). The molecule has 2 fully saturated rings. The molecule has 9 heteroatoms. The van der Waals surface area contributed by atoms with E-state index in [4.69, 9.17) is 4.74 Å². The average molecular weight is 446 g/mol. The fourth-order valence-electron chi connectivity index (χ4n) is 4.12. The molecule has 0 bridgehead atoms. The van der Waals surface area contributed by atoms with Crippen LogP contribution < -0.4 is 26.0 Å². The zero-order valence-corrected chi connectivity index (χ0v) is 18.8. The van der Waals surface area contributed by atoms with Crippen LogP contribution in [0, 0.1) is 0 Å². The van der Waals surface area contributed by atoms with E-state index in [-0.39, 0.29) is 30.6 Å². The lowest BCUT2D eigenvalue weighted by Crippen LogP contribution is -2.51. The van der Waals surface area contributed by atoms with Crippen LogP contribution in [-0.4, -0.2) is 61.2 Å². The van der Waals surface area contributed by atoms with E-state index in [1.54, 1.807) is 29.2 Å². The number of anilines is 1. The van der Waals surface area contributed by atoms with E-state index in [0.717, 1.165) is 25.7 Å². The van der Waals surface area contributed by atoms with Crippen LogP contribution in [0.4, 0.5) is 15.3 Å². The smallest absolute Gasteiger partial charge is 0.321 e. The second-order valence-corrected chi connectivity index (χ2v) is 8.41. The van der Waals surface area contributed by atoms with Crippen molar-refractivity contribution >= 4 is 23.7 Å². The Hall–Kier alpha value is -2.97. The van der Waals surface area contributed by atoms with Crippen LogP contribution >= 0.6 is 0 Å². The fourth-order valence-corrected chi connectivity index (χ4v) is 4.12. The molecule has 0 spiro atoms. The number of urea groups is 2. The number of hydrogen-bond donors (Lipinski definition) is 4. The highest BCUT2D eigenvalue weighted by Gasteiger charge is 2.25. The number of nitrogens with one attached hydrogen (secondary N) is 4. The van der Waals surface area contributed by atoms with Crippen molar-refractivity contribution in [2.75, 3.05) is 31.6 Å². The molecule has 1 aliphatic heterocycles. The summed E-state index contributed by atoms with van der Waals surface area (Å²) >= 11 is 0. The second-order valence-electron chi connectivity index (χ2n) is 8.41. The maximum atomic E-state index is 12.6. The third-order valence-electron chi connectivity index (χ3n) is 5.91. The number of rotatable bonds is 7. The zero-order valence-electron chi connectivity index (χ0n) is 18.8. The number of hydrogen-bond acceptors (Lipinski definition) is 4. The minimum atomic E-state index is -0.172. The molecule has 176 valence electrons. The number of amides is 5. The van der Waals surface area contributed by atoms with Crippen molar-refractivity contribution in [1.82, 2.24) is 20.9 Å². The van der Waals surface area contributed by atoms with Gasteiger partial charge in [0.05, 0.1) is 0 Å². The first-order valence-corrected chi connectivity index (χ1v) is 11.7. The summed E-state index contributed by atoms with van der Waals surface area (Å²) in [4.78, 5) is 38.0. The summed E-state index contributed by atoms with van der Waals surface area (Å²) in [6.07, 6.45) is 7.22.